The molecular weight excluding hydrogens is 264 g/mol. The van der Waals surface area contributed by atoms with Gasteiger partial charge < -0.3 is 15.3 Å². The zero-order valence-electron chi connectivity index (χ0n) is 12.9. The van der Waals surface area contributed by atoms with E-state index >= 15 is 0 Å². The average molecular weight is 288 g/mol. The quantitative estimate of drug-likeness (QED) is 0.898. The lowest BCUT2D eigenvalue weighted by Gasteiger charge is -2.19. The van der Waals surface area contributed by atoms with Crippen molar-refractivity contribution in [3.63, 3.8) is 0 Å². The Balaban J connectivity index is 1.71. The van der Waals surface area contributed by atoms with Gasteiger partial charge in [-0.05, 0) is 49.3 Å². The molecule has 21 heavy (non-hydrogen) atoms. The normalized spacial score (nSPS) is 24.4. The molecule has 1 aromatic rings. The Morgan fingerprint density at radius 1 is 1.33 bits per heavy atom. The van der Waals surface area contributed by atoms with Gasteiger partial charge in [0.2, 0.25) is 5.91 Å². The van der Waals surface area contributed by atoms with E-state index in [0.717, 1.165) is 37.9 Å². The number of nitrogens with one attached hydrogen (secondary N) is 1. The Hall–Kier alpha value is -1.55. The van der Waals surface area contributed by atoms with Gasteiger partial charge in [-0.15, -0.1) is 0 Å². The number of aromatic hydroxyl groups is 1. The first-order chi connectivity index (χ1) is 10.1. The topological polar surface area (TPSA) is 52.6 Å². The van der Waals surface area contributed by atoms with Crippen molar-refractivity contribution < 1.29 is 9.90 Å². The number of carbonyl (C=O) groups is 1. The van der Waals surface area contributed by atoms with Gasteiger partial charge in [-0.2, -0.15) is 0 Å². The molecule has 1 aromatic carbocycles. The molecule has 114 valence electrons. The van der Waals surface area contributed by atoms with Crippen LogP contribution >= 0.6 is 0 Å². The molecule has 2 unspecified atom stereocenters. The molecule has 1 amide bonds. The van der Waals surface area contributed by atoms with Crippen LogP contribution in [0.2, 0.25) is 0 Å². The maximum Gasteiger partial charge on any atom is 0.236 e. The maximum atomic E-state index is 12.1. The van der Waals surface area contributed by atoms with Gasteiger partial charge in [0.15, 0.2) is 0 Å². The zero-order valence-corrected chi connectivity index (χ0v) is 12.9. The smallest absolute Gasteiger partial charge is 0.236 e. The minimum Gasteiger partial charge on any atom is -0.508 e. The van der Waals surface area contributed by atoms with Crippen LogP contribution < -0.4 is 5.32 Å². The Morgan fingerprint density at radius 2 is 2.05 bits per heavy atom. The number of likely N-dealkylation sites (tertiary alicyclic amines) is 1. The van der Waals surface area contributed by atoms with Crippen molar-refractivity contribution in [2.45, 2.75) is 45.1 Å². The van der Waals surface area contributed by atoms with Gasteiger partial charge in [-0.25, -0.2) is 0 Å². The molecule has 0 bridgehead atoms. The summed E-state index contributed by atoms with van der Waals surface area (Å²) in [5.41, 5.74) is 3.48. The van der Waals surface area contributed by atoms with Crippen LogP contribution in [0.3, 0.4) is 0 Å². The molecule has 4 nitrogen and oxygen atoms in total. The molecule has 1 aliphatic heterocycles. The van der Waals surface area contributed by atoms with E-state index in [-0.39, 0.29) is 11.9 Å². The number of phenols is 1. The first-order valence-electron chi connectivity index (χ1n) is 7.91. The summed E-state index contributed by atoms with van der Waals surface area (Å²) in [4.78, 5) is 14.1. The lowest BCUT2D eigenvalue weighted by atomic mass is 9.97. The molecule has 2 aliphatic rings. The van der Waals surface area contributed by atoms with E-state index < -0.39 is 0 Å². The number of carbonyl (C=O) groups excluding carboxylic acids is 1. The molecule has 0 saturated carbocycles. The molecule has 1 fully saturated rings. The largest absolute Gasteiger partial charge is 0.508 e. The molecule has 3 rings (SSSR count). The molecule has 1 heterocycles. The number of phenolic OH excluding ortho intramolecular Hbond substituents is 1. The number of nitrogens with zero attached hydrogens (tertiary/aromatic N) is 1. The standard InChI is InChI=1S/C17H24N2O2/c1-11-5-6-14(20)17-13(9-12(2)16(11)17)18-10-15(21)19-7-3-4-8-19/h5-6,12-13,18,20H,3-4,7-10H2,1-2H3. The molecule has 1 aliphatic carbocycles. The van der Waals surface area contributed by atoms with Crippen LogP contribution in [0.15, 0.2) is 12.1 Å². The van der Waals surface area contributed by atoms with Crippen molar-refractivity contribution in [3.8, 4) is 5.75 Å². The highest BCUT2D eigenvalue weighted by Crippen LogP contribution is 2.45. The number of rotatable bonds is 3. The minimum atomic E-state index is 0.0847. The highest BCUT2D eigenvalue weighted by molar-refractivity contribution is 5.78. The first kappa shape index (κ1) is 14.4. The third-order valence-corrected chi connectivity index (χ3v) is 4.87. The first-order valence-corrected chi connectivity index (χ1v) is 7.91. The van der Waals surface area contributed by atoms with Crippen LogP contribution in [0.5, 0.6) is 5.75 Å². The summed E-state index contributed by atoms with van der Waals surface area (Å²) in [6.45, 7) is 6.43. The average Bonchev–Trinajstić information content (AvgIpc) is 3.09. The van der Waals surface area contributed by atoms with E-state index in [4.69, 9.17) is 0 Å². The van der Waals surface area contributed by atoms with Crippen LogP contribution in [0.1, 0.15) is 54.8 Å². The van der Waals surface area contributed by atoms with E-state index in [2.05, 4.69) is 19.2 Å². The maximum absolute atomic E-state index is 12.1. The van der Waals surface area contributed by atoms with Crippen LogP contribution in [0, 0.1) is 6.92 Å². The second-order valence-corrected chi connectivity index (χ2v) is 6.39. The molecule has 0 spiro atoms. The fraction of sp³-hybridized carbons (Fsp3) is 0.588. The predicted molar refractivity (Wildman–Crippen MR) is 82.4 cm³/mol. The fourth-order valence-electron chi connectivity index (χ4n) is 3.82. The highest BCUT2D eigenvalue weighted by atomic mass is 16.3. The Labute approximate surface area is 126 Å². The van der Waals surface area contributed by atoms with Gasteiger partial charge in [0, 0.05) is 24.7 Å². The molecule has 1 saturated heterocycles. The van der Waals surface area contributed by atoms with Crippen LogP contribution in [0.4, 0.5) is 0 Å². The summed E-state index contributed by atoms with van der Waals surface area (Å²) in [6.07, 6.45) is 3.19. The molecular formula is C17H24N2O2. The van der Waals surface area contributed by atoms with Gasteiger partial charge in [0.05, 0.1) is 6.54 Å². The van der Waals surface area contributed by atoms with E-state index in [9.17, 15) is 9.90 Å². The van der Waals surface area contributed by atoms with Crippen molar-refractivity contribution in [1.82, 2.24) is 10.2 Å². The minimum absolute atomic E-state index is 0.0847. The summed E-state index contributed by atoms with van der Waals surface area (Å²) in [7, 11) is 0. The third kappa shape index (κ3) is 2.64. The van der Waals surface area contributed by atoms with E-state index in [1.807, 2.05) is 11.0 Å². The van der Waals surface area contributed by atoms with Crippen LogP contribution in [-0.2, 0) is 4.79 Å². The zero-order chi connectivity index (χ0) is 15.0. The highest BCUT2D eigenvalue weighted by Gasteiger charge is 2.32. The Bertz CT molecular complexity index is 550. The van der Waals surface area contributed by atoms with Crippen molar-refractivity contribution >= 4 is 5.91 Å². The number of hydrogen-bond acceptors (Lipinski definition) is 3. The Morgan fingerprint density at radius 3 is 2.76 bits per heavy atom. The molecule has 4 heteroatoms. The monoisotopic (exact) mass is 288 g/mol. The summed E-state index contributed by atoms with van der Waals surface area (Å²) < 4.78 is 0. The second-order valence-electron chi connectivity index (χ2n) is 6.39. The van der Waals surface area contributed by atoms with Crippen molar-refractivity contribution in [2.75, 3.05) is 19.6 Å². The van der Waals surface area contributed by atoms with Crippen LogP contribution in [-0.4, -0.2) is 35.5 Å². The predicted octanol–water partition coefficient (Wildman–Crippen LogP) is 2.46. The van der Waals surface area contributed by atoms with Gasteiger partial charge >= 0.3 is 0 Å². The molecule has 2 N–H and O–H groups in total. The number of hydrogen-bond donors (Lipinski definition) is 2. The number of aryl methyl sites for hydroxylation is 1. The lowest BCUT2D eigenvalue weighted by molar-refractivity contribution is -0.129. The molecule has 0 radical (unpaired) electrons. The number of fused-ring (bicyclic) bond motifs is 1. The van der Waals surface area contributed by atoms with Gasteiger partial charge in [-0.1, -0.05) is 13.0 Å². The summed E-state index contributed by atoms with van der Waals surface area (Å²) in [5, 5.41) is 13.5. The number of benzene rings is 1. The van der Waals surface area contributed by atoms with Gasteiger partial charge in [-0.3, -0.25) is 4.79 Å². The molecule has 0 aromatic heterocycles. The SMILES string of the molecule is Cc1ccc(O)c2c1C(C)CC2NCC(=O)N1CCCC1. The lowest BCUT2D eigenvalue weighted by Crippen LogP contribution is -2.37. The van der Waals surface area contributed by atoms with E-state index in [1.54, 1.807) is 6.07 Å². The summed E-state index contributed by atoms with van der Waals surface area (Å²) >= 11 is 0. The fourth-order valence-corrected chi connectivity index (χ4v) is 3.82. The van der Waals surface area contributed by atoms with Crippen molar-refractivity contribution in [3.05, 3.63) is 28.8 Å². The third-order valence-electron chi connectivity index (χ3n) is 4.87. The number of amides is 1. The summed E-state index contributed by atoms with van der Waals surface area (Å²) in [6, 6.07) is 3.83. The molecule has 2 atom stereocenters. The summed E-state index contributed by atoms with van der Waals surface area (Å²) in [5.74, 6) is 0.957. The van der Waals surface area contributed by atoms with E-state index in [1.165, 1.54) is 11.1 Å². The van der Waals surface area contributed by atoms with Crippen molar-refractivity contribution in [1.29, 1.82) is 0 Å². The van der Waals surface area contributed by atoms with Crippen molar-refractivity contribution in [2.24, 2.45) is 0 Å². The van der Waals surface area contributed by atoms with E-state index in [0.29, 0.717) is 18.2 Å². The van der Waals surface area contributed by atoms with Gasteiger partial charge in [0.1, 0.15) is 5.75 Å². The van der Waals surface area contributed by atoms with Gasteiger partial charge in [0.25, 0.3) is 0 Å². The Kier molecular flexibility index (Phi) is 3.89. The van der Waals surface area contributed by atoms with Crippen LogP contribution in [0.25, 0.3) is 0 Å². The second kappa shape index (κ2) is 5.68.